The van der Waals surface area contributed by atoms with E-state index >= 15 is 0 Å². The second kappa shape index (κ2) is 5.46. The van der Waals surface area contributed by atoms with Crippen LogP contribution in [0.15, 0.2) is 0 Å². The summed E-state index contributed by atoms with van der Waals surface area (Å²) in [6.07, 6.45) is 0. The lowest BCUT2D eigenvalue weighted by Crippen LogP contribution is -2.35. The molecule has 4 nitrogen and oxygen atoms in total. The van der Waals surface area contributed by atoms with Gasteiger partial charge in [0, 0.05) is 5.88 Å². The average Bonchev–Trinajstić information content (AvgIpc) is 1.88. The predicted octanol–water partition coefficient (Wildman–Crippen LogP) is -0.346. The van der Waals surface area contributed by atoms with Crippen LogP contribution in [0.1, 0.15) is 0 Å². The highest BCUT2D eigenvalue weighted by Gasteiger charge is 2.09. The van der Waals surface area contributed by atoms with E-state index in [-0.39, 0.29) is 6.61 Å². The third-order valence-corrected chi connectivity index (χ3v) is 0.990. The van der Waals surface area contributed by atoms with Crippen molar-refractivity contribution in [2.24, 2.45) is 5.73 Å². The zero-order chi connectivity index (χ0) is 7.98. The van der Waals surface area contributed by atoms with Gasteiger partial charge in [0.1, 0.15) is 6.04 Å². The Bertz CT molecular complexity index is 109. The predicted molar refractivity (Wildman–Crippen MR) is 37.2 cm³/mol. The fourth-order valence-corrected chi connectivity index (χ4v) is 0.445. The molecule has 0 rings (SSSR count). The highest BCUT2D eigenvalue weighted by atomic mass is 35.5. The van der Waals surface area contributed by atoms with Crippen LogP contribution in [-0.2, 0) is 9.53 Å². The first kappa shape index (κ1) is 9.68. The lowest BCUT2D eigenvalue weighted by Gasteiger charge is -2.04. The molecule has 0 bridgehead atoms. The minimum Gasteiger partial charge on any atom is -0.480 e. The number of alkyl halides is 1. The number of carboxylic acid groups (broad SMARTS) is 1. The molecule has 60 valence electrons. The summed E-state index contributed by atoms with van der Waals surface area (Å²) in [5, 5.41) is 8.24. The minimum atomic E-state index is -1.06. The molecule has 0 aliphatic carbocycles. The van der Waals surface area contributed by atoms with Crippen molar-refractivity contribution < 1.29 is 14.6 Å². The van der Waals surface area contributed by atoms with Crippen molar-refractivity contribution in [1.82, 2.24) is 0 Å². The largest absolute Gasteiger partial charge is 0.480 e. The van der Waals surface area contributed by atoms with Gasteiger partial charge in [-0.05, 0) is 0 Å². The summed E-state index contributed by atoms with van der Waals surface area (Å²) < 4.78 is 4.77. The molecule has 0 amide bonds. The molecule has 0 unspecified atom stereocenters. The molecule has 0 spiro atoms. The molecular formula is C5H10ClNO3. The Morgan fingerprint density at radius 2 is 2.40 bits per heavy atom. The molecule has 0 heterocycles. The molecule has 0 aliphatic rings. The maximum Gasteiger partial charge on any atom is 0.322 e. The number of hydrogen-bond acceptors (Lipinski definition) is 3. The SMILES string of the molecule is N[C@H](COCCCl)C(=O)O. The molecular weight excluding hydrogens is 158 g/mol. The number of rotatable bonds is 5. The van der Waals surface area contributed by atoms with E-state index in [9.17, 15) is 4.79 Å². The van der Waals surface area contributed by atoms with Gasteiger partial charge in [0.25, 0.3) is 0 Å². The van der Waals surface area contributed by atoms with Crippen molar-refractivity contribution >= 4 is 17.6 Å². The van der Waals surface area contributed by atoms with E-state index in [1.54, 1.807) is 0 Å². The Morgan fingerprint density at radius 3 is 2.80 bits per heavy atom. The molecule has 0 aromatic carbocycles. The molecule has 10 heavy (non-hydrogen) atoms. The van der Waals surface area contributed by atoms with E-state index in [1.807, 2.05) is 0 Å². The van der Waals surface area contributed by atoms with Crippen LogP contribution < -0.4 is 5.73 Å². The molecule has 0 aromatic heterocycles. The van der Waals surface area contributed by atoms with Crippen LogP contribution in [0.4, 0.5) is 0 Å². The maximum absolute atomic E-state index is 10.1. The van der Waals surface area contributed by atoms with E-state index in [0.717, 1.165) is 0 Å². The molecule has 5 heteroatoms. The lowest BCUT2D eigenvalue weighted by atomic mass is 10.3. The highest BCUT2D eigenvalue weighted by Crippen LogP contribution is 1.83. The van der Waals surface area contributed by atoms with Crippen molar-refractivity contribution in [1.29, 1.82) is 0 Å². The van der Waals surface area contributed by atoms with Crippen LogP contribution in [0.2, 0.25) is 0 Å². The standard InChI is InChI=1S/C5H10ClNO3/c6-1-2-10-3-4(7)5(8)9/h4H,1-3,7H2,(H,8,9)/t4-/m1/s1. The second-order valence-corrected chi connectivity index (χ2v) is 2.09. The van der Waals surface area contributed by atoms with Gasteiger partial charge in [-0.15, -0.1) is 11.6 Å². The van der Waals surface area contributed by atoms with E-state index < -0.39 is 12.0 Å². The zero-order valence-corrected chi connectivity index (χ0v) is 6.17. The van der Waals surface area contributed by atoms with Gasteiger partial charge in [-0.2, -0.15) is 0 Å². The van der Waals surface area contributed by atoms with Crippen LogP contribution in [0.5, 0.6) is 0 Å². The Labute approximate surface area is 63.9 Å². The topological polar surface area (TPSA) is 72.5 Å². The van der Waals surface area contributed by atoms with Crippen molar-refractivity contribution in [3.8, 4) is 0 Å². The van der Waals surface area contributed by atoms with Crippen LogP contribution in [0.25, 0.3) is 0 Å². The summed E-state index contributed by atoms with van der Waals surface area (Å²) in [5.74, 6) is -0.707. The fraction of sp³-hybridized carbons (Fsp3) is 0.800. The van der Waals surface area contributed by atoms with Crippen molar-refractivity contribution in [3.05, 3.63) is 0 Å². The second-order valence-electron chi connectivity index (χ2n) is 1.71. The Morgan fingerprint density at radius 1 is 1.80 bits per heavy atom. The summed E-state index contributed by atoms with van der Waals surface area (Å²) in [5.41, 5.74) is 5.09. The smallest absolute Gasteiger partial charge is 0.322 e. The van der Waals surface area contributed by atoms with Crippen LogP contribution in [0.3, 0.4) is 0 Å². The molecule has 3 N–H and O–H groups in total. The number of nitrogens with two attached hydrogens (primary N) is 1. The van der Waals surface area contributed by atoms with Crippen LogP contribution in [0, 0.1) is 0 Å². The van der Waals surface area contributed by atoms with E-state index in [4.69, 9.17) is 27.2 Å². The first-order valence-electron chi connectivity index (χ1n) is 2.80. The third-order valence-electron chi connectivity index (χ3n) is 0.836. The van der Waals surface area contributed by atoms with Gasteiger partial charge in [-0.25, -0.2) is 0 Å². The first-order chi connectivity index (χ1) is 4.68. The zero-order valence-electron chi connectivity index (χ0n) is 5.42. The van der Waals surface area contributed by atoms with E-state index in [0.29, 0.717) is 12.5 Å². The maximum atomic E-state index is 10.1. The summed E-state index contributed by atoms with van der Waals surface area (Å²) >= 11 is 5.25. The van der Waals surface area contributed by atoms with Crippen LogP contribution in [-0.4, -0.2) is 36.2 Å². The van der Waals surface area contributed by atoms with Gasteiger partial charge in [0.15, 0.2) is 0 Å². The van der Waals surface area contributed by atoms with Gasteiger partial charge in [0.2, 0.25) is 0 Å². The highest BCUT2D eigenvalue weighted by molar-refractivity contribution is 6.17. The van der Waals surface area contributed by atoms with Gasteiger partial charge >= 0.3 is 5.97 Å². The Kier molecular flexibility index (Phi) is 5.29. The normalized spacial score (nSPS) is 13.0. The molecule has 0 radical (unpaired) electrons. The molecule has 0 aliphatic heterocycles. The van der Waals surface area contributed by atoms with Gasteiger partial charge in [-0.3, -0.25) is 4.79 Å². The Balaban J connectivity index is 3.21. The molecule has 0 aromatic rings. The quantitative estimate of drug-likeness (QED) is 0.434. The number of carbonyl (C=O) groups is 1. The lowest BCUT2D eigenvalue weighted by molar-refractivity contribution is -0.139. The first-order valence-corrected chi connectivity index (χ1v) is 3.34. The number of carboxylic acids is 1. The van der Waals surface area contributed by atoms with Crippen molar-refractivity contribution in [2.45, 2.75) is 6.04 Å². The molecule has 0 saturated carbocycles. The van der Waals surface area contributed by atoms with Gasteiger partial charge in [0.05, 0.1) is 13.2 Å². The number of ether oxygens (including phenoxy) is 1. The van der Waals surface area contributed by atoms with Crippen molar-refractivity contribution in [3.63, 3.8) is 0 Å². The van der Waals surface area contributed by atoms with Gasteiger partial charge in [-0.1, -0.05) is 0 Å². The monoisotopic (exact) mass is 167 g/mol. The average molecular weight is 168 g/mol. The minimum absolute atomic E-state index is 0.0159. The summed E-state index contributed by atoms with van der Waals surface area (Å²) in [7, 11) is 0. The van der Waals surface area contributed by atoms with Crippen LogP contribution >= 0.6 is 11.6 Å². The number of hydrogen-bond donors (Lipinski definition) is 2. The Hall–Kier alpha value is -0.320. The molecule has 0 fully saturated rings. The van der Waals surface area contributed by atoms with Gasteiger partial charge < -0.3 is 15.6 Å². The summed E-state index contributed by atoms with van der Waals surface area (Å²) in [6.45, 7) is 0.352. The van der Waals surface area contributed by atoms with Crippen molar-refractivity contribution in [2.75, 3.05) is 19.1 Å². The summed E-state index contributed by atoms with van der Waals surface area (Å²) in [6, 6.07) is -0.941. The molecule has 0 saturated heterocycles. The summed E-state index contributed by atoms with van der Waals surface area (Å²) in [4.78, 5) is 10.1. The van der Waals surface area contributed by atoms with E-state index in [1.165, 1.54) is 0 Å². The fourth-order valence-electron chi connectivity index (χ4n) is 0.336. The number of aliphatic carboxylic acids is 1. The molecule has 1 atom stereocenters. The third kappa shape index (κ3) is 4.55. The van der Waals surface area contributed by atoms with E-state index in [2.05, 4.69) is 0 Å². The number of halogens is 1.